The van der Waals surface area contributed by atoms with Crippen LogP contribution in [-0.4, -0.2) is 56.0 Å². The number of benzene rings is 3. The van der Waals surface area contributed by atoms with E-state index in [1.807, 2.05) is 38.1 Å². The summed E-state index contributed by atoms with van der Waals surface area (Å²) in [5.74, 6) is -1.10. The molecule has 3 aromatic carbocycles. The highest BCUT2D eigenvalue weighted by Crippen LogP contribution is 2.50. The minimum absolute atomic E-state index is 0.227. The molecule has 0 amide bonds. The second-order valence-corrected chi connectivity index (χ2v) is 12.0. The topological polar surface area (TPSA) is 64.6 Å². The molecule has 0 unspecified atom stereocenters. The van der Waals surface area contributed by atoms with Gasteiger partial charge in [-0.3, -0.25) is 0 Å². The van der Waals surface area contributed by atoms with Gasteiger partial charge in [0.05, 0.1) is 26.4 Å². The molecule has 0 aromatic heterocycles. The molecule has 4 aliphatic rings. The van der Waals surface area contributed by atoms with Crippen LogP contribution in [0, 0.1) is 11.8 Å². The Kier molecular flexibility index (Phi) is 7.46. The molecular formula is C34H38O7. The first-order valence-corrected chi connectivity index (χ1v) is 14.6. The number of rotatable bonds is 9. The van der Waals surface area contributed by atoms with Crippen molar-refractivity contribution in [1.82, 2.24) is 0 Å². The van der Waals surface area contributed by atoms with E-state index in [-0.39, 0.29) is 25.1 Å². The fraction of sp³-hybridized carbons (Fsp3) is 0.471. The van der Waals surface area contributed by atoms with Crippen molar-refractivity contribution in [3.63, 3.8) is 0 Å². The molecule has 4 fully saturated rings. The zero-order valence-electron chi connectivity index (χ0n) is 23.6. The van der Waals surface area contributed by atoms with Crippen molar-refractivity contribution in [2.75, 3.05) is 19.8 Å². The molecule has 7 rings (SSSR count). The van der Waals surface area contributed by atoms with Crippen LogP contribution in [0.5, 0.6) is 0 Å². The smallest absolute Gasteiger partial charge is 0.224 e. The van der Waals surface area contributed by atoms with Crippen LogP contribution in [-0.2, 0) is 46.4 Å². The normalized spacial score (nSPS) is 33.6. The first kappa shape index (κ1) is 27.2. The van der Waals surface area contributed by atoms with E-state index in [0.29, 0.717) is 38.3 Å². The lowest BCUT2D eigenvalue weighted by atomic mass is 9.97. The molecule has 7 heteroatoms. The zero-order valence-corrected chi connectivity index (χ0v) is 23.6. The molecule has 1 spiro atoms. The summed E-state index contributed by atoms with van der Waals surface area (Å²) in [6.07, 6.45) is -0.332. The maximum absolute atomic E-state index is 6.60. The van der Waals surface area contributed by atoms with Crippen molar-refractivity contribution in [2.24, 2.45) is 11.8 Å². The van der Waals surface area contributed by atoms with E-state index in [0.717, 1.165) is 12.0 Å². The Hall–Kier alpha value is -2.62. The van der Waals surface area contributed by atoms with Crippen molar-refractivity contribution >= 4 is 0 Å². The molecule has 0 N–H and O–H groups in total. The highest BCUT2D eigenvalue weighted by molar-refractivity contribution is 5.63. The molecule has 7 nitrogen and oxygen atoms in total. The SMILES string of the molecule is CC1(C)OC[C@]2(OC[C@H]3O[C@@H]([C@@H]4C[C@H]4COCc4ccccc4)O[C@H]3[C@@H]2OCc2ccc(-c3ccccc3)cc2)O1. The Balaban J connectivity index is 1.01. The first-order chi connectivity index (χ1) is 20.0. The van der Waals surface area contributed by atoms with Gasteiger partial charge >= 0.3 is 0 Å². The Bertz CT molecular complexity index is 1300. The third-order valence-electron chi connectivity index (χ3n) is 8.49. The summed E-state index contributed by atoms with van der Waals surface area (Å²) < 4.78 is 44.3. The highest BCUT2D eigenvalue weighted by Gasteiger charge is 2.63. The Morgan fingerprint density at radius 1 is 0.780 bits per heavy atom. The first-order valence-electron chi connectivity index (χ1n) is 14.6. The fourth-order valence-corrected chi connectivity index (χ4v) is 6.17. The molecule has 216 valence electrons. The van der Waals surface area contributed by atoms with Crippen LogP contribution in [0.4, 0.5) is 0 Å². The lowest BCUT2D eigenvalue weighted by Gasteiger charge is -2.43. The van der Waals surface area contributed by atoms with Gasteiger partial charge in [-0.1, -0.05) is 84.9 Å². The van der Waals surface area contributed by atoms with Crippen LogP contribution in [0.25, 0.3) is 11.1 Å². The summed E-state index contributed by atoms with van der Waals surface area (Å²) in [5, 5.41) is 0. The van der Waals surface area contributed by atoms with Gasteiger partial charge in [0.25, 0.3) is 0 Å². The maximum Gasteiger partial charge on any atom is 0.224 e. The third-order valence-corrected chi connectivity index (χ3v) is 8.49. The number of hydrogen-bond acceptors (Lipinski definition) is 7. The predicted octanol–water partition coefficient (Wildman–Crippen LogP) is 5.71. The quantitative estimate of drug-likeness (QED) is 0.333. The zero-order chi connectivity index (χ0) is 27.9. The molecular weight excluding hydrogens is 520 g/mol. The molecule has 1 aliphatic carbocycles. The van der Waals surface area contributed by atoms with Crippen molar-refractivity contribution in [3.8, 4) is 11.1 Å². The van der Waals surface area contributed by atoms with E-state index >= 15 is 0 Å². The van der Waals surface area contributed by atoms with Crippen molar-refractivity contribution in [3.05, 3.63) is 96.1 Å². The molecule has 3 aliphatic heterocycles. The van der Waals surface area contributed by atoms with Gasteiger partial charge < -0.3 is 33.2 Å². The van der Waals surface area contributed by atoms with Crippen molar-refractivity contribution < 1.29 is 33.2 Å². The largest absolute Gasteiger partial charge is 0.376 e. The summed E-state index contributed by atoms with van der Waals surface area (Å²) in [5.41, 5.74) is 4.60. The lowest BCUT2D eigenvalue weighted by Crippen LogP contribution is -2.62. The molecule has 7 atom stereocenters. The summed E-state index contributed by atoms with van der Waals surface area (Å²) in [7, 11) is 0. The van der Waals surface area contributed by atoms with Crippen LogP contribution >= 0.6 is 0 Å². The second-order valence-electron chi connectivity index (χ2n) is 12.0. The Labute approximate surface area is 241 Å². The average molecular weight is 559 g/mol. The Morgan fingerprint density at radius 3 is 2.22 bits per heavy atom. The maximum atomic E-state index is 6.60. The standard InChI is InChI=1S/C34H38O7/c1-33(2)38-22-34(41-33)31(36-19-24-13-15-26(16-14-24)25-11-7-4-8-12-25)30-29(21-37-34)39-32(40-30)28-17-27(28)20-35-18-23-9-5-3-6-10-23/h3-16,27-32H,17-22H2,1-2H3/t27-,28+,29+,30+,31-,32+,34-/m0/s1. The molecule has 41 heavy (non-hydrogen) atoms. The van der Waals surface area contributed by atoms with E-state index in [2.05, 4.69) is 60.7 Å². The molecule has 3 heterocycles. The highest BCUT2D eigenvalue weighted by atomic mass is 16.9. The van der Waals surface area contributed by atoms with Crippen LogP contribution in [0.3, 0.4) is 0 Å². The fourth-order valence-electron chi connectivity index (χ4n) is 6.17. The summed E-state index contributed by atoms with van der Waals surface area (Å²) in [6.45, 7) is 6.15. The number of hydrogen-bond donors (Lipinski definition) is 0. The van der Waals surface area contributed by atoms with Gasteiger partial charge in [-0.05, 0) is 48.4 Å². The second kappa shape index (κ2) is 11.2. The third kappa shape index (κ3) is 5.86. The monoisotopic (exact) mass is 558 g/mol. The predicted molar refractivity (Wildman–Crippen MR) is 151 cm³/mol. The van der Waals surface area contributed by atoms with E-state index < -0.39 is 17.7 Å². The lowest BCUT2D eigenvalue weighted by molar-refractivity contribution is -0.336. The van der Waals surface area contributed by atoms with Crippen LogP contribution in [0.1, 0.15) is 31.4 Å². The van der Waals surface area contributed by atoms with Crippen molar-refractivity contribution in [2.45, 2.75) is 69.7 Å². The minimum Gasteiger partial charge on any atom is -0.376 e. The van der Waals surface area contributed by atoms with Gasteiger partial charge in [0.15, 0.2) is 12.1 Å². The number of fused-ring (bicyclic) bond motifs is 1. The van der Waals surface area contributed by atoms with Crippen LogP contribution < -0.4 is 0 Å². The van der Waals surface area contributed by atoms with E-state index in [1.165, 1.54) is 16.7 Å². The minimum atomic E-state index is -1.05. The summed E-state index contributed by atoms with van der Waals surface area (Å²) >= 11 is 0. The van der Waals surface area contributed by atoms with E-state index in [4.69, 9.17) is 33.2 Å². The molecule has 1 saturated carbocycles. The van der Waals surface area contributed by atoms with Crippen LogP contribution in [0.15, 0.2) is 84.9 Å². The number of ether oxygens (including phenoxy) is 7. The van der Waals surface area contributed by atoms with Crippen LogP contribution in [0.2, 0.25) is 0 Å². The van der Waals surface area contributed by atoms with Gasteiger partial charge in [0.2, 0.25) is 5.79 Å². The Morgan fingerprint density at radius 2 is 1.49 bits per heavy atom. The summed E-state index contributed by atoms with van der Waals surface area (Å²) in [4.78, 5) is 0. The van der Waals surface area contributed by atoms with Gasteiger partial charge in [-0.2, -0.15) is 0 Å². The van der Waals surface area contributed by atoms with E-state index in [1.54, 1.807) is 0 Å². The van der Waals surface area contributed by atoms with E-state index in [9.17, 15) is 0 Å². The summed E-state index contributed by atoms with van der Waals surface area (Å²) in [6, 6.07) is 29.1. The molecule has 0 bridgehead atoms. The van der Waals surface area contributed by atoms with Crippen molar-refractivity contribution in [1.29, 1.82) is 0 Å². The average Bonchev–Trinajstić information content (AvgIpc) is 3.52. The molecule has 3 aromatic rings. The van der Waals surface area contributed by atoms with Gasteiger partial charge in [-0.25, -0.2) is 0 Å². The molecule has 0 radical (unpaired) electrons. The van der Waals surface area contributed by atoms with Gasteiger partial charge in [0, 0.05) is 5.92 Å². The van der Waals surface area contributed by atoms with Gasteiger partial charge in [-0.15, -0.1) is 0 Å². The molecule has 3 saturated heterocycles. The van der Waals surface area contributed by atoms with Gasteiger partial charge in [0.1, 0.15) is 24.9 Å².